The molecule has 1 rings (SSSR count). The van der Waals surface area contributed by atoms with Crippen LogP contribution in [0.3, 0.4) is 0 Å². The van der Waals surface area contributed by atoms with Crippen molar-refractivity contribution in [3.05, 3.63) is 69.3 Å². The molecule has 0 saturated heterocycles. The third kappa shape index (κ3) is 4.33. The fourth-order valence-electron chi connectivity index (χ4n) is 1.64. The Morgan fingerprint density at radius 3 is 2.38 bits per heavy atom. The lowest BCUT2D eigenvalue weighted by Crippen LogP contribution is -2.18. The highest BCUT2D eigenvalue weighted by atomic mass is 32.1. The van der Waals surface area contributed by atoms with Gasteiger partial charge >= 0.3 is 0 Å². The van der Waals surface area contributed by atoms with Crippen LogP contribution in [0.25, 0.3) is 12.4 Å². The first-order valence-corrected chi connectivity index (χ1v) is 7.17. The van der Waals surface area contributed by atoms with Gasteiger partial charge < -0.3 is 0 Å². The van der Waals surface area contributed by atoms with E-state index in [9.17, 15) is 13.2 Å². The summed E-state index contributed by atoms with van der Waals surface area (Å²) in [6, 6.07) is 1.82. The molecule has 1 aromatic rings. The fourth-order valence-corrected chi connectivity index (χ4v) is 2.81. The van der Waals surface area contributed by atoms with E-state index in [2.05, 4.69) is 26.3 Å². The van der Waals surface area contributed by atoms with Crippen LogP contribution >= 0.6 is 11.3 Å². The van der Waals surface area contributed by atoms with Gasteiger partial charge in [0.25, 0.3) is 0 Å². The molecule has 21 heavy (non-hydrogen) atoms. The van der Waals surface area contributed by atoms with Gasteiger partial charge in [-0.3, -0.25) is 0 Å². The molecular formula is C17H17F3S. The molecule has 0 spiro atoms. The number of halogens is 3. The molecule has 0 unspecified atom stereocenters. The molecule has 0 aliphatic carbocycles. The summed E-state index contributed by atoms with van der Waals surface area (Å²) in [4.78, 5) is 1.02. The van der Waals surface area contributed by atoms with Crippen molar-refractivity contribution in [3.8, 4) is 0 Å². The van der Waals surface area contributed by atoms with Crippen molar-refractivity contribution in [3.63, 3.8) is 0 Å². The van der Waals surface area contributed by atoms with E-state index in [0.717, 1.165) is 23.8 Å². The SMILES string of the molecule is C=C(/C=C(/F)C(=C)F)C(=C)/C(F)=c1/sc(CCC)cc1=C. The number of hydrogen-bond donors (Lipinski definition) is 0. The molecule has 1 heterocycles. The van der Waals surface area contributed by atoms with Gasteiger partial charge in [0.1, 0.15) is 5.83 Å². The smallest absolute Gasteiger partial charge is 0.158 e. The minimum Gasteiger partial charge on any atom is -0.205 e. The van der Waals surface area contributed by atoms with E-state index in [-0.39, 0.29) is 11.1 Å². The van der Waals surface area contributed by atoms with Crippen molar-refractivity contribution in [1.29, 1.82) is 0 Å². The van der Waals surface area contributed by atoms with Gasteiger partial charge in [-0.05, 0) is 29.4 Å². The zero-order chi connectivity index (χ0) is 16.2. The standard InChI is InChI=1S/C17H17F3S/c1-6-7-14-8-11(3)17(21-14)16(20)12(4)10(2)9-15(19)13(5)18/h8-9H,2-7H2,1H3/b15-9+,17-16-. The van der Waals surface area contributed by atoms with Crippen LogP contribution in [-0.4, -0.2) is 0 Å². The zero-order valence-corrected chi connectivity index (χ0v) is 12.8. The van der Waals surface area contributed by atoms with Crippen LogP contribution in [0.2, 0.25) is 0 Å². The Bertz CT molecular complexity index is 720. The fraction of sp³-hybridized carbons (Fsp3) is 0.176. The van der Waals surface area contributed by atoms with Crippen LogP contribution in [0.5, 0.6) is 0 Å². The van der Waals surface area contributed by atoms with Crippen molar-refractivity contribution in [2.24, 2.45) is 0 Å². The summed E-state index contributed by atoms with van der Waals surface area (Å²) in [6.07, 6.45) is 2.55. The van der Waals surface area contributed by atoms with Gasteiger partial charge in [0.15, 0.2) is 11.7 Å². The molecule has 0 amide bonds. The monoisotopic (exact) mass is 310 g/mol. The predicted octanol–water partition coefficient (Wildman–Crippen LogP) is 4.64. The van der Waals surface area contributed by atoms with Gasteiger partial charge in [0.05, 0.1) is 4.53 Å². The van der Waals surface area contributed by atoms with Crippen molar-refractivity contribution in [1.82, 2.24) is 0 Å². The van der Waals surface area contributed by atoms with Crippen LogP contribution in [0.4, 0.5) is 13.2 Å². The Hall–Kier alpha value is -1.81. The first-order chi connectivity index (χ1) is 9.77. The summed E-state index contributed by atoms with van der Waals surface area (Å²) in [5.74, 6) is -3.05. The Morgan fingerprint density at radius 2 is 1.86 bits per heavy atom. The van der Waals surface area contributed by atoms with Crippen molar-refractivity contribution >= 4 is 23.7 Å². The van der Waals surface area contributed by atoms with Gasteiger partial charge in [-0.15, -0.1) is 11.3 Å². The summed E-state index contributed by atoms with van der Waals surface area (Å²) in [7, 11) is 0. The Kier molecular flexibility index (Phi) is 5.97. The molecule has 0 radical (unpaired) electrons. The molecule has 0 nitrogen and oxygen atoms in total. The maximum absolute atomic E-state index is 14.4. The predicted molar refractivity (Wildman–Crippen MR) is 85.3 cm³/mol. The molecule has 0 aromatic carbocycles. The first-order valence-electron chi connectivity index (χ1n) is 6.35. The molecule has 0 aliphatic heterocycles. The minimum absolute atomic E-state index is 0.0476. The number of aryl methyl sites for hydroxylation is 1. The molecule has 112 valence electrons. The maximum Gasteiger partial charge on any atom is 0.158 e. The van der Waals surface area contributed by atoms with Gasteiger partial charge in [0, 0.05) is 10.5 Å². The Morgan fingerprint density at radius 1 is 1.24 bits per heavy atom. The third-order valence-electron chi connectivity index (χ3n) is 2.77. The second-order valence-electron chi connectivity index (χ2n) is 4.53. The summed E-state index contributed by atoms with van der Waals surface area (Å²) in [6.45, 7) is 15.7. The van der Waals surface area contributed by atoms with Gasteiger partial charge in [-0.25, -0.2) is 13.2 Å². The largest absolute Gasteiger partial charge is 0.205 e. The average molecular weight is 310 g/mol. The average Bonchev–Trinajstić information content (AvgIpc) is 2.78. The van der Waals surface area contributed by atoms with Gasteiger partial charge in [-0.1, -0.05) is 39.7 Å². The molecule has 1 aromatic heterocycles. The first kappa shape index (κ1) is 17.2. The van der Waals surface area contributed by atoms with E-state index < -0.39 is 17.5 Å². The number of rotatable bonds is 6. The molecule has 4 heteroatoms. The highest BCUT2D eigenvalue weighted by molar-refractivity contribution is 7.09. The molecule has 0 saturated carbocycles. The van der Waals surface area contributed by atoms with Crippen LogP contribution in [0, 0.1) is 0 Å². The maximum atomic E-state index is 14.4. The topological polar surface area (TPSA) is 0 Å². The lowest BCUT2D eigenvalue weighted by molar-refractivity contribution is 0.547. The summed E-state index contributed by atoms with van der Waals surface area (Å²) in [5.41, 5.74) is -0.144. The summed E-state index contributed by atoms with van der Waals surface area (Å²) in [5, 5.41) is 0.550. The highest BCUT2D eigenvalue weighted by Crippen LogP contribution is 2.22. The lowest BCUT2D eigenvalue weighted by atomic mass is 10.1. The van der Waals surface area contributed by atoms with Crippen LogP contribution < -0.4 is 9.75 Å². The number of thiophene rings is 1. The Labute approximate surface area is 126 Å². The normalized spacial score (nSPS) is 13.0. The quantitative estimate of drug-likeness (QED) is 0.672. The second kappa shape index (κ2) is 7.27. The molecule has 0 atom stereocenters. The van der Waals surface area contributed by atoms with E-state index in [1.165, 1.54) is 11.3 Å². The second-order valence-corrected chi connectivity index (χ2v) is 5.67. The van der Waals surface area contributed by atoms with Crippen LogP contribution in [-0.2, 0) is 6.42 Å². The molecular weight excluding hydrogens is 293 g/mol. The lowest BCUT2D eigenvalue weighted by Gasteiger charge is -2.02. The third-order valence-corrected chi connectivity index (χ3v) is 4.00. The summed E-state index contributed by atoms with van der Waals surface area (Å²) >= 11 is 1.28. The van der Waals surface area contributed by atoms with Crippen molar-refractivity contribution in [2.75, 3.05) is 0 Å². The molecule has 0 N–H and O–H groups in total. The molecule has 0 bridgehead atoms. The van der Waals surface area contributed by atoms with Gasteiger partial charge in [0.2, 0.25) is 0 Å². The molecule has 0 aliphatic rings. The Balaban J connectivity index is 3.21. The van der Waals surface area contributed by atoms with Crippen LogP contribution in [0.1, 0.15) is 18.2 Å². The number of allylic oxidation sites excluding steroid dienone is 5. The van der Waals surface area contributed by atoms with Crippen molar-refractivity contribution < 1.29 is 13.2 Å². The molecule has 0 fully saturated rings. The van der Waals surface area contributed by atoms with E-state index in [4.69, 9.17) is 0 Å². The van der Waals surface area contributed by atoms with E-state index in [1.807, 2.05) is 13.0 Å². The van der Waals surface area contributed by atoms with Gasteiger partial charge in [-0.2, -0.15) is 0 Å². The number of hydrogen-bond acceptors (Lipinski definition) is 1. The zero-order valence-electron chi connectivity index (χ0n) is 11.9. The minimum atomic E-state index is -1.23. The van der Waals surface area contributed by atoms with E-state index in [1.54, 1.807) is 0 Å². The van der Waals surface area contributed by atoms with Crippen molar-refractivity contribution in [2.45, 2.75) is 19.8 Å². The van der Waals surface area contributed by atoms with E-state index in [0.29, 0.717) is 9.75 Å². The summed E-state index contributed by atoms with van der Waals surface area (Å²) < 4.78 is 40.5. The highest BCUT2D eigenvalue weighted by Gasteiger charge is 2.10. The van der Waals surface area contributed by atoms with Crippen LogP contribution in [0.15, 0.2) is 54.7 Å². The van der Waals surface area contributed by atoms with E-state index >= 15 is 0 Å².